The highest BCUT2D eigenvalue weighted by atomic mass is 35.5. The van der Waals surface area contributed by atoms with Gasteiger partial charge in [0, 0.05) is 16.8 Å². The van der Waals surface area contributed by atoms with Gasteiger partial charge < -0.3 is 15.2 Å². The molecule has 0 bridgehead atoms. The van der Waals surface area contributed by atoms with Crippen molar-refractivity contribution in [2.45, 2.75) is 0 Å². The summed E-state index contributed by atoms with van der Waals surface area (Å²) in [6.07, 6.45) is 1.50. The van der Waals surface area contributed by atoms with Crippen LogP contribution in [0.2, 0.25) is 5.02 Å². The molecule has 0 saturated carbocycles. The Hall–Kier alpha value is -2.44. The van der Waals surface area contributed by atoms with Gasteiger partial charge in [-0.3, -0.25) is 4.79 Å². The van der Waals surface area contributed by atoms with Gasteiger partial charge in [-0.25, -0.2) is 4.79 Å². The molecule has 130 valence electrons. The smallest absolute Gasteiger partial charge is 0.342 e. The molecule has 0 unspecified atom stereocenters. The van der Waals surface area contributed by atoms with Crippen molar-refractivity contribution >= 4 is 47.0 Å². The number of carbonyl (C=O) groups excluding carboxylic acids is 1. The van der Waals surface area contributed by atoms with Gasteiger partial charge >= 0.3 is 5.97 Å². The fourth-order valence-corrected chi connectivity index (χ4v) is 2.74. The minimum Gasteiger partial charge on any atom is -0.497 e. The normalized spacial score (nSPS) is 11.0. The van der Waals surface area contributed by atoms with E-state index in [1.807, 2.05) is 0 Å². The van der Waals surface area contributed by atoms with Gasteiger partial charge in [0.05, 0.1) is 17.8 Å². The van der Waals surface area contributed by atoms with E-state index in [2.05, 4.69) is 5.32 Å². The second-order valence-electron chi connectivity index (χ2n) is 4.93. The first-order chi connectivity index (χ1) is 12.0. The van der Waals surface area contributed by atoms with Crippen molar-refractivity contribution < 1.29 is 19.4 Å². The van der Waals surface area contributed by atoms with Crippen molar-refractivity contribution in [3.8, 4) is 5.75 Å². The summed E-state index contributed by atoms with van der Waals surface area (Å²) in [5.41, 5.74) is 1.28. The van der Waals surface area contributed by atoms with Crippen LogP contribution in [-0.2, 0) is 9.59 Å². The number of amides is 1. The molecule has 0 radical (unpaired) electrons. The van der Waals surface area contributed by atoms with Crippen molar-refractivity contribution in [3.63, 3.8) is 0 Å². The van der Waals surface area contributed by atoms with Gasteiger partial charge in [0.25, 0.3) is 0 Å². The van der Waals surface area contributed by atoms with Gasteiger partial charge in [-0.15, -0.1) is 11.8 Å². The van der Waals surface area contributed by atoms with Gasteiger partial charge in [0.15, 0.2) is 0 Å². The van der Waals surface area contributed by atoms with Crippen molar-refractivity contribution in [2.75, 3.05) is 18.2 Å². The summed E-state index contributed by atoms with van der Waals surface area (Å²) in [4.78, 5) is 23.5. The molecule has 2 aromatic rings. The van der Waals surface area contributed by atoms with E-state index in [0.717, 1.165) is 11.8 Å². The van der Waals surface area contributed by atoms with Crippen LogP contribution in [0.5, 0.6) is 5.75 Å². The van der Waals surface area contributed by atoms with Crippen molar-refractivity contribution in [3.05, 3.63) is 64.0 Å². The largest absolute Gasteiger partial charge is 0.497 e. The molecule has 0 aromatic heterocycles. The fourth-order valence-electron chi connectivity index (χ4n) is 1.92. The third-order valence-electron chi connectivity index (χ3n) is 3.09. The lowest BCUT2D eigenvalue weighted by Gasteiger charge is -2.07. The average molecular weight is 378 g/mol. The van der Waals surface area contributed by atoms with E-state index < -0.39 is 5.97 Å². The number of aliphatic carboxylic acids is 1. The minimum atomic E-state index is -1.09. The lowest BCUT2D eigenvalue weighted by Crippen LogP contribution is -2.15. The molecule has 0 atom stereocenters. The fraction of sp³-hybridized carbons (Fsp3) is 0.111. The van der Waals surface area contributed by atoms with E-state index >= 15 is 0 Å². The van der Waals surface area contributed by atoms with E-state index in [1.165, 1.54) is 13.2 Å². The van der Waals surface area contributed by atoms with Crippen LogP contribution in [0.4, 0.5) is 5.69 Å². The van der Waals surface area contributed by atoms with Crippen LogP contribution in [0, 0.1) is 0 Å². The summed E-state index contributed by atoms with van der Waals surface area (Å²) in [5.74, 6) is -0.793. The Bertz CT molecular complexity index is 790. The SMILES string of the molecule is COc1cccc(NC(=O)CS/C(=C/c2ccc(Cl)cc2)C(=O)O)c1. The molecule has 0 heterocycles. The van der Waals surface area contributed by atoms with E-state index in [0.29, 0.717) is 22.0 Å². The van der Waals surface area contributed by atoms with Gasteiger partial charge in [-0.2, -0.15) is 0 Å². The molecule has 0 fully saturated rings. The molecule has 25 heavy (non-hydrogen) atoms. The number of carboxylic acid groups (broad SMARTS) is 1. The number of hydrogen-bond acceptors (Lipinski definition) is 4. The summed E-state index contributed by atoms with van der Waals surface area (Å²) in [5, 5.41) is 12.6. The Morgan fingerprint density at radius 1 is 1.24 bits per heavy atom. The summed E-state index contributed by atoms with van der Waals surface area (Å²) in [6, 6.07) is 13.7. The summed E-state index contributed by atoms with van der Waals surface area (Å²) in [7, 11) is 1.54. The second-order valence-corrected chi connectivity index (χ2v) is 6.39. The number of thioether (sulfide) groups is 1. The molecule has 0 spiro atoms. The molecule has 1 amide bonds. The number of hydrogen-bond donors (Lipinski definition) is 2. The Morgan fingerprint density at radius 2 is 1.96 bits per heavy atom. The molecule has 0 saturated heterocycles. The summed E-state index contributed by atoms with van der Waals surface area (Å²) >= 11 is 6.76. The number of carboxylic acids is 1. The highest BCUT2D eigenvalue weighted by Crippen LogP contribution is 2.22. The van der Waals surface area contributed by atoms with Crippen molar-refractivity contribution in [1.82, 2.24) is 0 Å². The lowest BCUT2D eigenvalue weighted by molar-refractivity contribution is -0.131. The molecule has 7 heteroatoms. The van der Waals surface area contributed by atoms with E-state index in [9.17, 15) is 14.7 Å². The van der Waals surface area contributed by atoms with Crippen LogP contribution >= 0.6 is 23.4 Å². The number of nitrogens with one attached hydrogen (secondary N) is 1. The number of methoxy groups -OCH3 is 1. The number of carbonyl (C=O) groups is 2. The number of ether oxygens (including phenoxy) is 1. The van der Waals surface area contributed by atoms with E-state index in [4.69, 9.17) is 16.3 Å². The Morgan fingerprint density at radius 3 is 2.60 bits per heavy atom. The van der Waals surface area contributed by atoms with Crippen molar-refractivity contribution in [2.24, 2.45) is 0 Å². The third-order valence-corrected chi connectivity index (χ3v) is 4.35. The van der Waals surface area contributed by atoms with Crippen LogP contribution in [0.3, 0.4) is 0 Å². The maximum atomic E-state index is 12.0. The third kappa shape index (κ3) is 6.17. The first kappa shape index (κ1) is 18.9. The zero-order valence-electron chi connectivity index (χ0n) is 13.4. The standard InChI is InChI=1S/C18H16ClNO4S/c1-24-15-4-2-3-14(10-15)20-17(21)11-25-16(18(22)23)9-12-5-7-13(19)8-6-12/h2-10H,11H2,1H3,(H,20,21)(H,22,23)/b16-9+. The minimum absolute atomic E-state index is 0.0249. The first-order valence-corrected chi connectivity index (χ1v) is 8.61. The zero-order valence-corrected chi connectivity index (χ0v) is 14.9. The quantitative estimate of drug-likeness (QED) is 0.709. The number of benzene rings is 2. The maximum absolute atomic E-state index is 12.0. The number of anilines is 1. The average Bonchev–Trinajstić information content (AvgIpc) is 2.60. The Kier molecular flexibility index (Phi) is 6.91. The molecular formula is C18H16ClNO4S. The monoisotopic (exact) mass is 377 g/mol. The van der Waals surface area contributed by atoms with Crippen LogP contribution in [-0.4, -0.2) is 29.8 Å². The van der Waals surface area contributed by atoms with E-state index in [1.54, 1.807) is 48.5 Å². The number of halogens is 1. The zero-order chi connectivity index (χ0) is 18.2. The van der Waals surface area contributed by atoms with Crippen LogP contribution in [0.25, 0.3) is 6.08 Å². The second kappa shape index (κ2) is 9.15. The molecule has 0 aliphatic heterocycles. The van der Waals surface area contributed by atoms with Crippen LogP contribution in [0.15, 0.2) is 53.4 Å². The van der Waals surface area contributed by atoms with Crippen molar-refractivity contribution in [1.29, 1.82) is 0 Å². The van der Waals surface area contributed by atoms with Gasteiger partial charge in [-0.1, -0.05) is 29.8 Å². The predicted octanol–water partition coefficient (Wildman–Crippen LogP) is 4.15. The van der Waals surface area contributed by atoms with Crippen LogP contribution in [0.1, 0.15) is 5.56 Å². The Labute approximate surface area is 154 Å². The molecule has 5 nitrogen and oxygen atoms in total. The van der Waals surface area contributed by atoms with Gasteiger partial charge in [0.1, 0.15) is 5.75 Å². The predicted molar refractivity (Wildman–Crippen MR) is 101 cm³/mol. The topological polar surface area (TPSA) is 75.6 Å². The molecular weight excluding hydrogens is 362 g/mol. The van der Waals surface area contributed by atoms with Gasteiger partial charge in [0.2, 0.25) is 5.91 Å². The van der Waals surface area contributed by atoms with Gasteiger partial charge in [-0.05, 0) is 35.9 Å². The molecule has 2 rings (SSSR count). The Balaban J connectivity index is 1.99. The molecule has 0 aliphatic carbocycles. The lowest BCUT2D eigenvalue weighted by atomic mass is 10.2. The molecule has 2 N–H and O–H groups in total. The molecule has 2 aromatic carbocycles. The van der Waals surface area contributed by atoms with E-state index in [-0.39, 0.29) is 16.6 Å². The highest BCUT2D eigenvalue weighted by Gasteiger charge is 2.12. The summed E-state index contributed by atoms with van der Waals surface area (Å²) in [6.45, 7) is 0. The maximum Gasteiger partial charge on any atom is 0.342 e. The highest BCUT2D eigenvalue weighted by molar-refractivity contribution is 8.04. The van der Waals surface area contributed by atoms with Crippen LogP contribution < -0.4 is 10.1 Å². The summed E-state index contributed by atoms with van der Waals surface area (Å²) < 4.78 is 5.09. The first-order valence-electron chi connectivity index (χ1n) is 7.25. The molecule has 0 aliphatic rings. The number of rotatable bonds is 7.